The second kappa shape index (κ2) is 6.14. The maximum atomic E-state index is 12.8. The molecule has 5 rings (SSSR count). The summed E-state index contributed by atoms with van der Waals surface area (Å²) in [7, 11) is 0. The number of carbonyl (C=O) groups is 3. The van der Waals surface area contributed by atoms with Crippen LogP contribution in [0.1, 0.15) is 40.7 Å². The zero-order chi connectivity index (χ0) is 18.6. The quantitative estimate of drug-likeness (QED) is 0.747. The van der Waals surface area contributed by atoms with Crippen molar-refractivity contribution in [2.24, 2.45) is 5.41 Å². The molecule has 3 amide bonds. The first-order valence-corrected chi connectivity index (χ1v) is 9.73. The average molecular weight is 368 g/mol. The van der Waals surface area contributed by atoms with E-state index in [2.05, 4.69) is 21.6 Å². The predicted octanol–water partition coefficient (Wildman–Crippen LogP) is 0.243. The highest BCUT2D eigenvalue weighted by Gasteiger charge is 2.43. The number of hydrogen-bond acceptors (Lipinski definition) is 5. The first kappa shape index (κ1) is 16.9. The van der Waals surface area contributed by atoms with Crippen molar-refractivity contribution >= 4 is 17.7 Å². The van der Waals surface area contributed by atoms with Crippen LogP contribution in [-0.2, 0) is 22.7 Å². The van der Waals surface area contributed by atoms with Gasteiger partial charge >= 0.3 is 0 Å². The van der Waals surface area contributed by atoms with Gasteiger partial charge in [-0.15, -0.1) is 0 Å². The van der Waals surface area contributed by atoms with Gasteiger partial charge < -0.3 is 10.2 Å². The molecule has 1 spiro atoms. The number of fused-ring (bicyclic) bond motifs is 1. The van der Waals surface area contributed by atoms with Gasteiger partial charge in [0, 0.05) is 50.1 Å². The van der Waals surface area contributed by atoms with Crippen LogP contribution in [0.3, 0.4) is 0 Å². The molecule has 7 nitrogen and oxygen atoms in total. The Labute approximate surface area is 158 Å². The van der Waals surface area contributed by atoms with Crippen LogP contribution in [-0.4, -0.2) is 59.7 Å². The lowest BCUT2D eigenvalue weighted by Crippen LogP contribution is -2.54. The third-order valence-electron chi connectivity index (χ3n) is 6.51. The molecule has 2 N–H and O–H groups in total. The third kappa shape index (κ3) is 2.85. The van der Waals surface area contributed by atoms with Crippen molar-refractivity contribution < 1.29 is 14.4 Å². The maximum Gasteiger partial charge on any atom is 0.255 e. The van der Waals surface area contributed by atoms with E-state index in [0.29, 0.717) is 23.9 Å². The van der Waals surface area contributed by atoms with E-state index in [4.69, 9.17) is 0 Å². The summed E-state index contributed by atoms with van der Waals surface area (Å²) in [4.78, 5) is 40.4. The van der Waals surface area contributed by atoms with E-state index in [1.807, 2.05) is 12.1 Å². The van der Waals surface area contributed by atoms with E-state index in [-0.39, 0.29) is 24.1 Å². The molecular formula is C20H24N4O3. The lowest BCUT2D eigenvalue weighted by Gasteiger charge is -2.39. The summed E-state index contributed by atoms with van der Waals surface area (Å²) < 4.78 is 0. The highest BCUT2D eigenvalue weighted by Crippen LogP contribution is 2.35. The van der Waals surface area contributed by atoms with E-state index < -0.39 is 6.04 Å². The molecular weight excluding hydrogens is 344 g/mol. The minimum Gasteiger partial charge on any atom is -0.322 e. The van der Waals surface area contributed by atoms with Crippen LogP contribution in [0.5, 0.6) is 0 Å². The smallest absolute Gasteiger partial charge is 0.255 e. The first-order chi connectivity index (χ1) is 13.0. The highest BCUT2D eigenvalue weighted by atomic mass is 16.2. The lowest BCUT2D eigenvalue weighted by atomic mass is 9.81. The Kier molecular flexibility index (Phi) is 3.84. The van der Waals surface area contributed by atoms with E-state index in [0.717, 1.165) is 38.3 Å². The van der Waals surface area contributed by atoms with Crippen LogP contribution >= 0.6 is 0 Å². The fourth-order valence-electron chi connectivity index (χ4n) is 4.91. The molecule has 3 fully saturated rings. The van der Waals surface area contributed by atoms with Crippen LogP contribution in [0, 0.1) is 5.41 Å². The molecule has 1 aromatic carbocycles. The fraction of sp³-hybridized carbons (Fsp3) is 0.550. The molecule has 1 atom stereocenters. The van der Waals surface area contributed by atoms with E-state index in [1.54, 1.807) is 4.90 Å². The number of nitrogens with zero attached hydrogens (tertiary/aromatic N) is 2. The third-order valence-corrected chi connectivity index (χ3v) is 6.51. The molecule has 4 aliphatic heterocycles. The van der Waals surface area contributed by atoms with Crippen LogP contribution < -0.4 is 10.6 Å². The largest absolute Gasteiger partial charge is 0.322 e. The Hall–Kier alpha value is -2.25. The SMILES string of the molecule is O=C1CCC(N2Cc3cc(CN4CCC5(CNC5)C4)ccc3C2=O)C(=O)N1. The van der Waals surface area contributed by atoms with E-state index in [9.17, 15) is 14.4 Å². The molecule has 142 valence electrons. The Balaban J connectivity index is 1.29. The summed E-state index contributed by atoms with van der Waals surface area (Å²) >= 11 is 0. The minimum absolute atomic E-state index is 0.105. The topological polar surface area (TPSA) is 81.8 Å². The van der Waals surface area contributed by atoms with E-state index in [1.165, 1.54) is 12.0 Å². The summed E-state index contributed by atoms with van der Waals surface area (Å²) in [6.45, 7) is 5.87. The molecule has 0 aromatic heterocycles. The number of carbonyl (C=O) groups excluding carboxylic acids is 3. The van der Waals surface area contributed by atoms with E-state index >= 15 is 0 Å². The number of imide groups is 1. The van der Waals surface area contributed by atoms with Crippen LogP contribution in [0.25, 0.3) is 0 Å². The normalized spacial score (nSPS) is 27.0. The Morgan fingerprint density at radius 3 is 2.74 bits per heavy atom. The van der Waals surface area contributed by atoms with Crippen molar-refractivity contribution in [3.63, 3.8) is 0 Å². The van der Waals surface area contributed by atoms with Crippen molar-refractivity contribution in [2.45, 2.75) is 38.4 Å². The number of piperidine rings is 1. The number of nitrogens with one attached hydrogen (secondary N) is 2. The van der Waals surface area contributed by atoms with Gasteiger partial charge in [-0.25, -0.2) is 0 Å². The molecule has 0 aliphatic carbocycles. The Morgan fingerprint density at radius 1 is 1.19 bits per heavy atom. The number of rotatable bonds is 3. The summed E-state index contributed by atoms with van der Waals surface area (Å²) in [5.74, 6) is -0.719. The number of amides is 3. The molecule has 7 heteroatoms. The minimum atomic E-state index is -0.546. The van der Waals surface area contributed by atoms with Crippen molar-refractivity contribution in [3.8, 4) is 0 Å². The van der Waals surface area contributed by atoms with Gasteiger partial charge in [-0.2, -0.15) is 0 Å². The van der Waals surface area contributed by atoms with Gasteiger partial charge in [-0.3, -0.25) is 24.6 Å². The molecule has 1 aromatic rings. The molecule has 4 heterocycles. The number of likely N-dealkylation sites (tertiary alicyclic amines) is 1. The van der Waals surface area contributed by atoms with Gasteiger partial charge in [-0.1, -0.05) is 12.1 Å². The predicted molar refractivity (Wildman–Crippen MR) is 97.7 cm³/mol. The van der Waals surface area contributed by atoms with Crippen LogP contribution in [0.4, 0.5) is 0 Å². The number of hydrogen-bond donors (Lipinski definition) is 2. The summed E-state index contributed by atoms with van der Waals surface area (Å²) in [5.41, 5.74) is 3.37. The Morgan fingerprint density at radius 2 is 2.04 bits per heavy atom. The first-order valence-electron chi connectivity index (χ1n) is 9.73. The van der Waals surface area contributed by atoms with Crippen LogP contribution in [0.2, 0.25) is 0 Å². The van der Waals surface area contributed by atoms with Crippen molar-refractivity contribution in [3.05, 3.63) is 34.9 Å². The average Bonchev–Trinajstić information content (AvgIpc) is 3.17. The second-order valence-electron chi connectivity index (χ2n) is 8.46. The van der Waals surface area contributed by atoms with Gasteiger partial charge in [0.2, 0.25) is 11.8 Å². The molecule has 0 saturated carbocycles. The molecule has 4 aliphatic rings. The zero-order valence-corrected chi connectivity index (χ0v) is 15.3. The molecule has 0 bridgehead atoms. The van der Waals surface area contributed by atoms with Gasteiger partial charge in [0.1, 0.15) is 6.04 Å². The van der Waals surface area contributed by atoms with Gasteiger partial charge in [0.15, 0.2) is 0 Å². The Bertz CT molecular complexity index is 833. The van der Waals surface area contributed by atoms with Crippen molar-refractivity contribution in [2.75, 3.05) is 26.2 Å². The standard InChI is InChI=1S/C20H24N4O3/c25-17-4-3-16(18(26)22-17)24-9-14-7-13(1-2-15(14)19(24)27)8-23-6-5-20(12-23)10-21-11-20/h1-2,7,16,21H,3-6,8-12H2,(H,22,25,26). The van der Waals surface area contributed by atoms with Gasteiger partial charge in [-0.05, 0) is 36.6 Å². The van der Waals surface area contributed by atoms with Crippen molar-refractivity contribution in [1.29, 1.82) is 0 Å². The fourth-order valence-corrected chi connectivity index (χ4v) is 4.91. The number of benzene rings is 1. The molecule has 27 heavy (non-hydrogen) atoms. The van der Waals surface area contributed by atoms with Gasteiger partial charge in [0.05, 0.1) is 0 Å². The summed E-state index contributed by atoms with van der Waals surface area (Å²) in [5, 5.41) is 5.73. The summed E-state index contributed by atoms with van der Waals surface area (Å²) in [6.07, 6.45) is 1.95. The lowest BCUT2D eigenvalue weighted by molar-refractivity contribution is -0.136. The van der Waals surface area contributed by atoms with Gasteiger partial charge in [0.25, 0.3) is 5.91 Å². The molecule has 0 radical (unpaired) electrons. The molecule has 1 unspecified atom stereocenters. The highest BCUT2D eigenvalue weighted by molar-refractivity contribution is 6.05. The summed E-state index contributed by atoms with van der Waals surface area (Å²) in [6, 6.07) is 5.50. The second-order valence-corrected chi connectivity index (χ2v) is 8.46. The molecule has 3 saturated heterocycles. The monoisotopic (exact) mass is 368 g/mol. The van der Waals surface area contributed by atoms with Crippen molar-refractivity contribution in [1.82, 2.24) is 20.4 Å². The zero-order valence-electron chi connectivity index (χ0n) is 15.3. The maximum absolute atomic E-state index is 12.8. The van der Waals surface area contributed by atoms with Crippen LogP contribution in [0.15, 0.2) is 18.2 Å².